The molecule has 6 aliphatic heterocycles. The number of hydrogen-bond donors (Lipinski definition) is 13. The van der Waals surface area contributed by atoms with E-state index in [1.807, 2.05) is 110 Å². The van der Waals surface area contributed by atoms with Crippen molar-refractivity contribution in [1.29, 1.82) is 0 Å². The normalized spacial score (nSPS) is 22.0. The molecule has 0 spiro atoms. The minimum Gasteiger partial charge on any atom is -0.361 e. The Morgan fingerprint density at radius 1 is 0.300 bits per heavy atom. The topological polar surface area (TPSA) is 599 Å². The molecule has 0 aliphatic carbocycles. The third-order valence-corrected chi connectivity index (χ3v) is 26.6. The van der Waals surface area contributed by atoms with Gasteiger partial charge in [0.15, 0.2) is 54.3 Å². The Hall–Kier alpha value is -12.2. The van der Waals surface area contributed by atoms with Gasteiger partial charge in [0.25, 0.3) is 35.4 Å². The summed E-state index contributed by atoms with van der Waals surface area (Å²) in [6.45, 7) is 28.3. The van der Waals surface area contributed by atoms with Crippen LogP contribution in [0.25, 0.3) is 10.9 Å². The second-order valence-corrected chi connectivity index (χ2v) is 41.1. The Kier molecular flexibility index (Phi) is 51.0. The highest BCUT2D eigenvalue weighted by atomic mass is 16.2. The first-order valence-corrected chi connectivity index (χ1v) is 51.8. The summed E-state index contributed by atoms with van der Waals surface area (Å²) in [4.78, 5) is 323. The third-order valence-electron chi connectivity index (χ3n) is 26.6. The Morgan fingerprint density at radius 2 is 0.593 bits per heavy atom. The minimum atomic E-state index is -1.47. The molecule has 1 aromatic heterocycles. The van der Waals surface area contributed by atoms with Crippen molar-refractivity contribution in [1.82, 2.24) is 113 Å². The van der Waals surface area contributed by atoms with Crippen LogP contribution in [0.2, 0.25) is 0 Å². The smallest absolute Gasteiger partial charge is 0.262 e. The zero-order chi connectivity index (χ0) is 111. The molecule has 6 saturated heterocycles. The maximum atomic E-state index is 15.3. The van der Waals surface area contributed by atoms with E-state index in [0.717, 1.165) is 34.6 Å². The Bertz CT molecular complexity index is 5110. The van der Waals surface area contributed by atoms with E-state index in [4.69, 9.17) is 0 Å². The summed E-state index contributed by atoms with van der Waals surface area (Å²) in [6, 6.07) is 5.27. The van der Waals surface area contributed by atoms with Crippen LogP contribution < -0.4 is 63.8 Å². The van der Waals surface area contributed by atoms with Crippen molar-refractivity contribution >= 4 is 157 Å². The van der Waals surface area contributed by atoms with Crippen molar-refractivity contribution in [3.8, 4) is 0 Å². The fraction of sp³-hybridized carbons (Fsp3) is 0.635. The van der Waals surface area contributed by atoms with E-state index in [1.54, 1.807) is 13.1 Å². The molecule has 2 aromatic carbocycles. The van der Waals surface area contributed by atoms with Crippen LogP contribution in [0, 0.1) is 23.7 Å². The van der Waals surface area contributed by atoms with E-state index in [2.05, 4.69) is 68.8 Å². The van der Waals surface area contributed by atoms with Gasteiger partial charge in [0.1, 0.15) is 93.9 Å². The molecule has 3 aromatic rings. The maximum absolute atomic E-state index is 15.3. The van der Waals surface area contributed by atoms with Crippen molar-refractivity contribution < 1.29 is 115 Å². The monoisotopic (exact) mass is 2100 g/mol. The van der Waals surface area contributed by atoms with Gasteiger partial charge in [-0.2, -0.15) is 0 Å². The van der Waals surface area contributed by atoms with E-state index in [-0.39, 0.29) is 89.0 Å². The summed E-state index contributed by atoms with van der Waals surface area (Å²) in [6.07, 6.45) is 2.47. The predicted octanol–water partition coefficient (Wildman–Crippen LogP) is -2.20. The number of aldehydes is 12. The molecule has 0 unspecified atom stereocenters. The van der Waals surface area contributed by atoms with E-state index in [1.165, 1.54) is 99.5 Å². The second kappa shape index (κ2) is 61.3. The number of nitrogens with zero attached hydrogens (tertiary/aromatic N) is 9. The average Bonchev–Trinajstić information content (AvgIpc) is 0.875. The molecule has 6 fully saturated rings. The summed E-state index contributed by atoms with van der Waals surface area (Å²) in [7, 11) is 0. The quantitative estimate of drug-likeness (QED) is 0.0267. The van der Waals surface area contributed by atoms with Crippen LogP contribution in [0.3, 0.4) is 0 Å². The first-order valence-electron chi connectivity index (χ1n) is 51.8. The number of rotatable bonds is 60. The van der Waals surface area contributed by atoms with Gasteiger partial charge in [-0.15, -0.1) is 0 Å². The number of likely N-dealkylation sites (tertiary alicyclic amines) is 3. The lowest BCUT2D eigenvalue weighted by Crippen LogP contribution is -2.73. The molecular weight excluding hydrogens is 1940 g/mol. The highest BCUT2D eigenvalue weighted by Crippen LogP contribution is 2.29. The van der Waals surface area contributed by atoms with E-state index < -0.39 is 217 Å². The number of carbonyl (C=O) groups excluding carboxylic acids is 24. The largest absolute Gasteiger partial charge is 0.361 e. The zero-order valence-electron chi connectivity index (χ0n) is 89.0. The van der Waals surface area contributed by atoms with Gasteiger partial charge in [-0.1, -0.05) is 104 Å². The molecular formula is C104H156N22O24. The molecule has 46 nitrogen and oxygen atoms in total. The van der Waals surface area contributed by atoms with Crippen LogP contribution in [-0.4, -0.2) is 400 Å². The van der Waals surface area contributed by atoms with E-state index in [9.17, 15) is 110 Å². The highest BCUT2D eigenvalue weighted by molar-refractivity contribution is 6.00. The van der Waals surface area contributed by atoms with Crippen LogP contribution in [0.5, 0.6) is 0 Å². The number of Topliss-reactive ketones (excluding diaryl/α,β-unsaturated/α-hetero) is 3. The Balaban J connectivity index is 0.000000312. The molecule has 24 atom stereocenters. The number of ketones is 3. The Labute approximate surface area is 876 Å². The standard InChI is InChI=1S/C46H62N8O8.C32H53N7O8.C26H41N7O8/c1-29(2)20-34(25-55)49-41(31(5)59)53-18-19-54(43(45(53)61)50-35(26-56)21-30(3)4)46(62)42(51-37(28-58)23-33-24-47-39-15-10-9-14-38(33)39)52-17-11-16-40(44(52)60)48-36(27-57)22-32-12-7-6-8-13-32;1-19(2)13-24(17-42)35-26-9-8-10-37(30(26)45)29(36-25(18-43)14-20(3)4)32(47)39-12-11-38(27(23(7)44)33-21(5)15-40)31(46)28(39)34-22(6)16-41;1-15(11-34)27-20-7-6-8-31(24(20)39)22(29-17(3)13-36)26(41)33-10-9-32(21(19(5)38)28-16(2)12-35)25(40)23(33)30-18(4)14-37/h6-10,12-15,24-30,34-37,40-43,47-51H,11,16-23H2,1-5H3;15-22,24-29,33-36H,8-14H2,1-7H3;11-18,20-23,27-30H,6-10H2,1-5H3/t34-,35-,36-,37-,40+,41+,42+,43+;21-,22-,24-,25-,26+,27+,28+,29+;15-,16-,17-,18-,20+,21+,22+,23+/m000/s1. The fourth-order valence-electron chi connectivity index (χ4n) is 19.3. The number of carbonyl (C=O) groups is 24. The zero-order valence-corrected chi connectivity index (χ0v) is 89.0. The second-order valence-electron chi connectivity index (χ2n) is 41.1. The van der Waals surface area contributed by atoms with Gasteiger partial charge >= 0.3 is 0 Å². The number of H-pyrrole nitrogens is 1. The van der Waals surface area contributed by atoms with Gasteiger partial charge in [-0.3, -0.25) is 121 Å². The number of nitrogens with one attached hydrogen (secondary N) is 13. The molecule has 13 N–H and O–H groups in total. The summed E-state index contributed by atoms with van der Waals surface area (Å²) < 4.78 is 0. The number of aromatic nitrogens is 1. The summed E-state index contributed by atoms with van der Waals surface area (Å²) in [5, 5.41) is 36.6. The van der Waals surface area contributed by atoms with Gasteiger partial charge in [-0.25, -0.2) is 0 Å². The number of piperidine rings is 3. The van der Waals surface area contributed by atoms with Crippen LogP contribution in [0.15, 0.2) is 60.8 Å². The van der Waals surface area contributed by atoms with Gasteiger partial charge < -0.3 is 107 Å². The van der Waals surface area contributed by atoms with E-state index in [0.29, 0.717) is 133 Å². The van der Waals surface area contributed by atoms with Gasteiger partial charge in [0.05, 0.1) is 90.6 Å². The van der Waals surface area contributed by atoms with Gasteiger partial charge in [0.2, 0.25) is 17.7 Å². The van der Waals surface area contributed by atoms with Crippen LogP contribution in [0.1, 0.15) is 193 Å². The number of benzene rings is 2. The van der Waals surface area contributed by atoms with Crippen LogP contribution in [0.4, 0.5) is 0 Å². The number of para-hydroxylation sites is 1. The lowest BCUT2D eigenvalue weighted by molar-refractivity contribution is -0.164. The molecule has 7 heterocycles. The van der Waals surface area contributed by atoms with Crippen LogP contribution >= 0.6 is 0 Å². The number of amides is 9. The van der Waals surface area contributed by atoms with Gasteiger partial charge in [0, 0.05) is 76.0 Å². The summed E-state index contributed by atoms with van der Waals surface area (Å²) in [5.74, 6) is -6.41. The minimum absolute atomic E-state index is 0.0208. The summed E-state index contributed by atoms with van der Waals surface area (Å²) in [5.41, 5.74) is 2.56. The lowest BCUT2D eigenvalue weighted by Gasteiger charge is -2.47. The molecule has 6 aliphatic rings. The number of fused-ring (bicyclic) bond motifs is 1. The molecule has 0 saturated carbocycles. The van der Waals surface area contributed by atoms with Crippen molar-refractivity contribution in [3.63, 3.8) is 0 Å². The molecule has 150 heavy (non-hydrogen) atoms. The van der Waals surface area contributed by atoms with Gasteiger partial charge in [-0.05, 0) is 180 Å². The number of aromatic amines is 1. The van der Waals surface area contributed by atoms with Crippen LogP contribution in [-0.2, 0) is 128 Å². The molecule has 9 amide bonds. The average molecular weight is 2100 g/mol. The SMILES string of the molecule is CC(=O)[C@H](N[C@@H](C)C=O)N1CCN(C(=O)[C@H](N[C@@H](C)C=O)N2CCC[C@@H](N[C@@H](C)C=O)C2=O)[C@@H](N[C@@H](C)C=O)C1=O.CC(=O)[C@H](N[C@@H](C)C=O)N1CCN(C(=O)[C@H](N[C@H](C=O)CC(C)C)N2CCC[C@@H](N[C@H](C=O)CC(C)C)C2=O)[C@@H](N[C@@H](C)C=O)C1=O.CC(=O)[C@H](N[C@H](C=O)CC(C)C)N1CCN(C(=O)[C@H](N[C@H](C=O)Cc2c[nH]c3ccccc23)N2CCC[C@@H](N[C@H](C=O)Cc3ccccc3)C2=O)[C@@H](N[C@H](C=O)CC(C)C)C1=O. The molecule has 9 rings (SSSR count). The first kappa shape index (κ1) is 125. The molecule has 0 bridgehead atoms. The third kappa shape index (κ3) is 35.2. The molecule has 0 radical (unpaired) electrons. The fourth-order valence-corrected chi connectivity index (χ4v) is 19.3. The molecule has 46 heteroatoms. The van der Waals surface area contributed by atoms with Crippen molar-refractivity contribution in [2.75, 3.05) is 58.9 Å². The lowest BCUT2D eigenvalue weighted by atomic mass is 9.99. The highest BCUT2D eigenvalue weighted by Gasteiger charge is 2.53. The first-order chi connectivity index (χ1) is 71.3. The summed E-state index contributed by atoms with van der Waals surface area (Å²) >= 11 is 0. The maximum Gasteiger partial charge on any atom is 0.262 e. The van der Waals surface area contributed by atoms with Crippen molar-refractivity contribution in [2.24, 2.45) is 23.7 Å². The van der Waals surface area contributed by atoms with E-state index >= 15 is 4.79 Å². The number of hydrogen-bond acceptors (Lipinski definition) is 36. The van der Waals surface area contributed by atoms with Crippen molar-refractivity contribution in [3.05, 3.63) is 71.9 Å². The van der Waals surface area contributed by atoms with Crippen molar-refractivity contribution in [2.45, 2.75) is 341 Å². The predicted molar refractivity (Wildman–Crippen MR) is 550 cm³/mol. The Morgan fingerprint density at radius 3 is 0.953 bits per heavy atom. The number of piperazine rings is 3. The molecule has 826 valence electrons.